The molecule has 2 atom stereocenters. The molecule has 7 heterocycles. The second-order valence-electron chi connectivity index (χ2n) is 14.8. The van der Waals surface area contributed by atoms with Crippen molar-refractivity contribution >= 4 is 35.6 Å². The Morgan fingerprint density at radius 2 is 1.33 bits per heavy atom. The van der Waals surface area contributed by atoms with Crippen LogP contribution in [-0.2, 0) is 29.5 Å². The Balaban J connectivity index is 1.30. The molecule has 1 aromatic heterocycles. The zero-order chi connectivity index (χ0) is 37.4. The summed E-state index contributed by atoms with van der Waals surface area (Å²) in [6, 6.07) is 18.2. The van der Waals surface area contributed by atoms with Crippen molar-refractivity contribution in [3.63, 3.8) is 0 Å². The van der Waals surface area contributed by atoms with Crippen LogP contribution in [0.4, 0.5) is 21.2 Å². The third kappa shape index (κ3) is 4.47. The van der Waals surface area contributed by atoms with Gasteiger partial charge in [0.2, 0.25) is 0 Å². The largest absolute Gasteiger partial charge is 0.530 e. The zero-order valence-corrected chi connectivity index (χ0v) is 29.8. The van der Waals surface area contributed by atoms with Gasteiger partial charge in [-0.3, -0.25) is 0 Å². The van der Waals surface area contributed by atoms with Crippen molar-refractivity contribution in [2.75, 3.05) is 13.1 Å². The number of amides is 4. The van der Waals surface area contributed by atoms with Gasteiger partial charge in [0.25, 0.3) is 11.6 Å². The molecule has 0 aliphatic carbocycles. The first kappa shape index (κ1) is 33.7. The second-order valence-corrected chi connectivity index (χ2v) is 14.8. The number of quaternary nitrogens is 2. The lowest BCUT2D eigenvalue weighted by Gasteiger charge is -2.43. The molecule has 12 heteroatoms. The summed E-state index contributed by atoms with van der Waals surface area (Å²) in [6.45, 7) is 0.342. The van der Waals surface area contributed by atoms with E-state index in [2.05, 4.69) is 0 Å². The first-order valence-electron chi connectivity index (χ1n) is 18.3. The summed E-state index contributed by atoms with van der Waals surface area (Å²) < 4.78 is 0.784. The summed E-state index contributed by atoms with van der Waals surface area (Å²) >= 11 is 0. The Morgan fingerprint density at radius 3 is 1.89 bits per heavy atom. The number of rotatable bonds is 8. The number of aryl methyl sites for hydroxylation is 1. The minimum absolute atomic E-state index is 0.137. The molecule has 54 heavy (non-hydrogen) atoms. The molecule has 9 rings (SSSR count). The number of nitrogens with zero attached hydrogens (tertiary/aromatic N) is 6. The Kier molecular flexibility index (Phi) is 7.63. The molecule has 0 radical (unpaired) electrons. The number of likely N-dealkylation sites (tertiary alicyclic amines) is 2. The van der Waals surface area contributed by atoms with Crippen LogP contribution < -0.4 is 19.2 Å². The van der Waals surface area contributed by atoms with Crippen molar-refractivity contribution in [3.05, 3.63) is 149 Å². The van der Waals surface area contributed by atoms with Gasteiger partial charge in [-0.15, -0.1) is 14.1 Å². The first-order valence-corrected chi connectivity index (χ1v) is 18.3. The molecule has 2 aromatic carbocycles. The molecule has 2 saturated heterocycles. The van der Waals surface area contributed by atoms with Gasteiger partial charge in [-0.05, 0) is 36.8 Å². The SMILES string of the molecule is Cn1nc([N+]2(C(=O)[C@@]3(Cc4ccccc4)CCCN3C(=O)[O-])C3=CC=C2C=C3)c(Cc2ccccc2)c1[N+]1(C(=O)[C@@H]2CCCN2C(=O)[O-])C2=CC=C1C=C2. The highest BCUT2D eigenvalue weighted by Gasteiger charge is 2.66. The first-order chi connectivity index (χ1) is 26.1. The van der Waals surface area contributed by atoms with E-state index < -0.39 is 32.7 Å². The maximum atomic E-state index is 16.1. The second kappa shape index (κ2) is 12.2. The molecular formula is C42H38N6O6. The number of fused-ring (bicyclic) bond motifs is 4. The van der Waals surface area contributed by atoms with Gasteiger partial charge in [-0.1, -0.05) is 60.7 Å². The number of carboxylic acid groups (broad SMARTS) is 2. The summed E-state index contributed by atoms with van der Waals surface area (Å²) in [5, 5.41) is 30.5. The summed E-state index contributed by atoms with van der Waals surface area (Å²) in [5.74, 6) is 0.130. The van der Waals surface area contributed by atoms with E-state index in [1.165, 1.54) is 4.90 Å². The summed E-state index contributed by atoms with van der Waals surface area (Å²) in [4.78, 5) is 59.0. The molecule has 6 aliphatic heterocycles. The van der Waals surface area contributed by atoms with Gasteiger partial charge in [0.1, 0.15) is 23.8 Å². The average molecular weight is 723 g/mol. The average Bonchev–Trinajstić information content (AvgIpc) is 4.05. The lowest BCUT2D eigenvalue weighted by atomic mass is 9.85. The number of carbonyl (C=O) groups excluding carboxylic acids is 4. The smallest absolute Gasteiger partial charge is 0.356 e. The Labute approximate surface area is 312 Å². The minimum atomic E-state index is -1.50. The van der Waals surface area contributed by atoms with Crippen molar-refractivity contribution in [2.45, 2.75) is 50.1 Å². The predicted octanol–water partition coefficient (Wildman–Crippen LogP) is 3.61. The molecule has 12 nitrogen and oxygen atoms in total. The van der Waals surface area contributed by atoms with E-state index in [0.717, 1.165) is 16.0 Å². The highest BCUT2D eigenvalue weighted by Crippen LogP contribution is 2.55. The third-order valence-electron chi connectivity index (χ3n) is 12.1. The summed E-state index contributed by atoms with van der Waals surface area (Å²) in [7, 11) is 1.75. The maximum Gasteiger partial charge on any atom is 0.356 e. The van der Waals surface area contributed by atoms with Crippen LogP contribution in [-0.4, -0.2) is 68.3 Å². The van der Waals surface area contributed by atoms with Crippen molar-refractivity contribution in [1.29, 1.82) is 0 Å². The number of carbonyl (C=O) groups is 4. The lowest BCUT2D eigenvalue weighted by molar-refractivity contribution is -0.269. The standard InChI is InChI=1S/C42H38N6O6/c1-44-37(48(32-19-20-33(48)22-21-32)38(49)35-14-8-24-45(35)40(51)52)34(26-28-10-4-2-5-11-28)36(43-44)47(30-15-16-31(47)18-17-30)39(50)42(23-9-25-46(42)41(53)54)27-29-12-6-3-7-13-29/h2-7,10-13,15-22,35H,8-9,14,23-27H2,1H3/t35-,42-/m0/s1. The van der Waals surface area contributed by atoms with Crippen LogP contribution >= 0.6 is 0 Å². The van der Waals surface area contributed by atoms with E-state index in [0.29, 0.717) is 59.2 Å². The summed E-state index contributed by atoms with van der Waals surface area (Å²) in [6.07, 6.45) is 14.2. The monoisotopic (exact) mass is 722 g/mol. The fourth-order valence-corrected chi connectivity index (χ4v) is 9.81. The van der Waals surface area contributed by atoms with E-state index >= 15 is 9.59 Å². The van der Waals surface area contributed by atoms with Gasteiger partial charge in [-0.2, -0.15) is 0 Å². The Hall–Kier alpha value is -6.11. The number of hydrogen-bond donors (Lipinski definition) is 0. The molecule has 0 spiro atoms. The number of hydrogen-bond acceptors (Lipinski definition) is 7. The zero-order valence-electron chi connectivity index (χ0n) is 29.8. The van der Waals surface area contributed by atoms with Crippen molar-refractivity contribution in [3.8, 4) is 0 Å². The van der Waals surface area contributed by atoms with Gasteiger partial charge < -0.3 is 29.6 Å². The minimum Gasteiger partial charge on any atom is -0.530 e. The molecule has 3 aromatic rings. The van der Waals surface area contributed by atoms with E-state index in [1.807, 2.05) is 109 Å². The van der Waals surface area contributed by atoms with Crippen LogP contribution in [0.15, 0.2) is 132 Å². The third-order valence-corrected chi connectivity index (χ3v) is 12.1. The molecule has 4 bridgehead atoms. The van der Waals surface area contributed by atoms with E-state index in [-0.39, 0.29) is 44.2 Å². The van der Waals surface area contributed by atoms with Crippen LogP contribution in [0, 0.1) is 0 Å². The number of benzene rings is 2. The normalized spacial score (nSPS) is 23.8. The molecule has 6 aliphatic rings. The highest BCUT2D eigenvalue weighted by atomic mass is 16.4. The van der Waals surface area contributed by atoms with E-state index in [9.17, 15) is 19.8 Å². The van der Waals surface area contributed by atoms with Crippen LogP contribution in [0.2, 0.25) is 0 Å². The predicted molar refractivity (Wildman–Crippen MR) is 196 cm³/mol. The van der Waals surface area contributed by atoms with Gasteiger partial charge >= 0.3 is 11.8 Å². The van der Waals surface area contributed by atoms with Crippen molar-refractivity contribution < 1.29 is 29.4 Å². The molecule has 272 valence electrons. The summed E-state index contributed by atoms with van der Waals surface area (Å²) in [5.41, 5.74) is 3.34. The molecule has 2 fully saturated rings. The molecular weight excluding hydrogens is 684 g/mol. The van der Waals surface area contributed by atoms with E-state index in [4.69, 9.17) is 5.10 Å². The quantitative estimate of drug-likeness (QED) is 0.324. The van der Waals surface area contributed by atoms with Gasteiger partial charge in [0.15, 0.2) is 28.3 Å². The van der Waals surface area contributed by atoms with Gasteiger partial charge in [0.05, 0.1) is 0 Å². The Bertz CT molecular complexity index is 2290. The lowest BCUT2D eigenvalue weighted by Crippen LogP contribution is -2.67. The molecule has 0 unspecified atom stereocenters. The topological polar surface area (TPSA) is 139 Å². The van der Waals surface area contributed by atoms with Crippen LogP contribution in [0.3, 0.4) is 0 Å². The Morgan fingerprint density at radius 1 is 0.759 bits per heavy atom. The maximum absolute atomic E-state index is 16.1. The van der Waals surface area contributed by atoms with Crippen molar-refractivity contribution in [2.24, 2.45) is 7.05 Å². The number of aromatic nitrogens is 2. The van der Waals surface area contributed by atoms with Crippen molar-refractivity contribution in [1.82, 2.24) is 28.5 Å². The van der Waals surface area contributed by atoms with Gasteiger partial charge in [-0.25, -0.2) is 14.3 Å². The van der Waals surface area contributed by atoms with Crippen LogP contribution in [0.5, 0.6) is 0 Å². The molecule has 0 saturated carbocycles. The highest BCUT2D eigenvalue weighted by molar-refractivity contribution is 6.07. The van der Waals surface area contributed by atoms with Crippen LogP contribution in [0.25, 0.3) is 0 Å². The number of allylic oxidation sites excluding steroid dienone is 8. The van der Waals surface area contributed by atoms with E-state index in [1.54, 1.807) is 11.7 Å². The van der Waals surface area contributed by atoms with Gasteiger partial charge in [0, 0.05) is 81.6 Å². The molecule has 4 amide bonds. The fraction of sp³-hybridized carbons (Fsp3) is 0.262. The molecule has 0 N–H and O–H groups in total. The fourth-order valence-electron chi connectivity index (χ4n) is 9.81. The van der Waals surface area contributed by atoms with Crippen LogP contribution in [0.1, 0.15) is 42.4 Å².